The Labute approximate surface area is 122 Å². The summed E-state index contributed by atoms with van der Waals surface area (Å²) in [4.78, 5) is 4.12. The molecule has 3 nitrogen and oxygen atoms in total. The number of pyridine rings is 1. The van der Waals surface area contributed by atoms with Crippen molar-refractivity contribution in [1.82, 2.24) is 10.3 Å². The molecule has 0 saturated heterocycles. The van der Waals surface area contributed by atoms with Crippen LogP contribution in [0, 0.1) is 11.7 Å². The highest BCUT2D eigenvalue weighted by Crippen LogP contribution is 2.18. The predicted octanol–water partition coefficient (Wildman–Crippen LogP) is 3.96. The van der Waals surface area contributed by atoms with E-state index in [0.717, 1.165) is 6.42 Å². The Morgan fingerprint density at radius 1 is 1.25 bits per heavy atom. The zero-order valence-corrected chi connectivity index (χ0v) is 13.5. The van der Waals surface area contributed by atoms with Crippen LogP contribution in [0.2, 0.25) is 0 Å². The second-order valence-electron chi connectivity index (χ2n) is 6.91. The van der Waals surface area contributed by atoms with Crippen LogP contribution < -0.4 is 10.6 Å². The molecule has 114 valence electrons. The van der Waals surface area contributed by atoms with E-state index in [1.165, 1.54) is 0 Å². The molecule has 0 fully saturated rings. The third kappa shape index (κ3) is 5.87. The Balaban J connectivity index is 2.74. The average molecular weight is 281 g/mol. The summed E-state index contributed by atoms with van der Waals surface area (Å²) in [6.45, 7) is 13.1. The molecule has 1 heterocycles. The minimum atomic E-state index is -0.250. The number of aromatic nitrogens is 1. The normalized spacial score (nSPS) is 13.6. The molecule has 1 rings (SSSR count). The Kier molecular flexibility index (Phi) is 5.93. The summed E-state index contributed by atoms with van der Waals surface area (Å²) in [5.41, 5.74) is 0.614. The van der Waals surface area contributed by atoms with Gasteiger partial charge in [0.2, 0.25) is 0 Å². The topological polar surface area (TPSA) is 37.0 Å². The van der Waals surface area contributed by atoms with Gasteiger partial charge in [0.25, 0.3) is 0 Å². The Hall–Kier alpha value is -1.16. The van der Waals surface area contributed by atoms with Crippen LogP contribution in [-0.2, 0) is 6.54 Å². The van der Waals surface area contributed by atoms with Crippen molar-refractivity contribution in [3.8, 4) is 0 Å². The quantitative estimate of drug-likeness (QED) is 0.829. The third-order valence-electron chi connectivity index (χ3n) is 2.99. The van der Waals surface area contributed by atoms with Crippen LogP contribution in [0.15, 0.2) is 12.3 Å². The fourth-order valence-electron chi connectivity index (χ4n) is 2.08. The molecule has 1 aromatic rings. The van der Waals surface area contributed by atoms with E-state index in [4.69, 9.17) is 0 Å². The number of nitrogens with one attached hydrogen (secondary N) is 2. The van der Waals surface area contributed by atoms with Gasteiger partial charge in [-0.25, -0.2) is 9.37 Å². The van der Waals surface area contributed by atoms with Gasteiger partial charge in [-0.15, -0.1) is 0 Å². The van der Waals surface area contributed by atoms with Crippen molar-refractivity contribution in [2.24, 2.45) is 5.92 Å². The van der Waals surface area contributed by atoms with E-state index in [1.807, 2.05) is 0 Å². The lowest BCUT2D eigenvalue weighted by atomic mass is 10.1. The second kappa shape index (κ2) is 7.02. The van der Waals surface area contributed by atoms with Gasteiger partial charge < -0.3 is 10.6 Å². The van der Waals surface area contributed by atoms with Crippen molar-refractivity contribution in [2.75, 3.05) is 5.32 Å². The van der Waals surface area contributed by atoms with Crippen LogP contribution in [0.4, 0.5) is 10.2 Å². The lowest BCUT2D eigenvalue weighted by Gasteiger charge is -2.22. The fraction of sp³-hybridized carbons (Fsp3) is 0.688. The van der Waals surface area contributed by atoms with Crippen molar-refractivity contribution in [3.63, 3.8) is 0 Å². The van der Waals surface area contributed by atoms with Crippen LogP contribution in [0.3, 0.4) is 0 Å². The van der Waals surface area contributed by atoms with Crippen molar-refractivity contribution >= 4 is 5.82 Å². The monoisotopic (exact) mass is 281 g/mol. The first-order chi connectivity index (χ1) is 9.19. The summed E-state index contributed by atoms with van der Waals surface area (Å²) < 4.78 is 14.4. The van der Waals surface area contributed by atoms with E-state index in [1.54, 1.807) is 12.3 Å². The maximum atomic E-state index is 14.4. The van der Waals surface area contributed by atoms with Gasteiger partial charge in [0.15, 0.2) is 11.6 Å². The molecule has 4 heteroatoms. The summed E-state index contributed by atoms with van der Waals surface area (Å²) in [6, 6.07) is 1.94. The van der Waals surface area contributed by atoms with Crippen molar-refractivity contribution in [3.05, 3.63) is 23.6 Å². The highest BCUT2D eigenvalue weighted by Gasteiger charge is 2.15. The van der Waals surface area contributed by atoms with Crippen LogP contribution in [-0.4, -0.2) is 16.6 Å². The van der Waals surface area contributed by atoms with Crippen molar-refractivity contribution in [2.45, 2.75) is 66.1 Å². The number of nitrogens with zero attached hydrogens (tertiary/aromatic N) is 1. The summed E-state index contributed by atoms with van der Waals surface area (Å²) in [6.07, 6.45) is 2.65. The molecule has 1 unspecified atom stereocenters. The van der Waals surface area contributed by atoms with Crippen LogP contribution in [0.25, 0.3) is 0 Å². The van der Waals surface area contributed by atoms with Gasteiger partial charge in [-0.2, -0.15) is 0 Å². The minimum absolute atomic E-state index is 0.0335. The Morgan fingerprint density at radius 2 is 1.90 bits per heavy atom. The summed E-state index contributed by atoms with van der Waals surface area (Å²) in [7, 11) is 0. The molecule has 0 saturated carbocycles. The van der Waals surface area contributed by atoms with Gasteiger partial charge in [0.1, 0.15) is 0 Å². The number of hydrogen-bond donors (Lipinski definition) is 2. The fourth-order valence-corrected chi connectivity index (χ4v) is 2.08. The van der Waals surface area contributed by atoms with E-state index in [9.17, 15) is 4.39 Å². The second-order valence-corrected chi connectivity index (χ2v) is 6.91. The zero-order valence-electron chi connectivity index (χ0n) is 13.5. The smallest absolute Gasteiger partial charge is 0.169 e. The molecule has 0 aliphatic rings. The van der Waals surface area contributed by atoms with E-state index in [2.05, 4.69) is 57.2 Å². The lowest BCUT2D eigenvalue weighted by molar-refractivity contribution is 0.418. The molecular weight excluding hydrogens is 253 g/mol. The summed E-state index contributed by atoms with van der Waals surface area (Å²) in [5, 5.41) is 6.46. The molecule has 1 aromatic heterocycles. The largest absolute Gasteiger partial charge is 0.365 e. The highest BCUT2D eigenvalue weighted by molar-refractivity contribution is 5.40. The number of hydrogen-bond acceptors (Lipinski definition) is 3. The molecule has 20 heavy (non-hydrogen) atoms. The van der Waals surface area contributed by atoms with Crippen molar-refractivity contribution < 1.29 is 4.39 Å². The molecular formula is C16H28FN3. The van der Waals surface area contributed by atoms with E-state index >= 15 is 0 Å². The molecule has 0 aliphatic heterocycles. The Morgan fingerprint density at radius 3 is 2.45 bits per heavy atom. The lowest BCUT2D eigenvalue weighted by Crippen LogP contribution is -2.35. The molecule has 2 N–H and O–H groups in total. The van der Waals surface area contributed by atoms with E-state index < -0.39 is 0 Å². The molecule has 0 amide bonds. The van der Waals surface area contributed by atoms with Gasteiger partial charge in [0.05, 0.1) is 0 Å². The zero-order chi connectivity index (χ0) is 15.3. The number of rotatable bonds is 6. The van der Waals surface area contributed by atoms with Crippen LogP contribution in [0.5, 0.6) is 0 Å². The number of anilines is 1. The van der Waals surface area contributed by atoms with E-state index in [0.29, 0.717) is 23.8 Å². The Bertz CT molecular complexity index is 424. The first kappa shape index (κ1) is 16.9. The molecule has 0 radical (unpaired) electrons. The van der Waals surface area contributed by atoms with Gasteiger partial charge >= 0.3 is 0 Å². The first-order valence-corrected chi connectivity index (χ1v) is 7.34. The highest BCUT2D eigenvalue weighted by atomic mass is 19.1. The maximum absolute atomic E-state index is 14.4. The molecule has 0 spiro atoms. The van der Waals surface area contributed by atoms with Gasteiger partial charge in [0, 0.05) is 29.9 Å². The standard InChI is InChI=1S/C16H28FN3/c1-11(2)9-12(3)20-15-14(17)13(7-8-18-15)10-19-16(4,5)6/h7-8,11-12,19H,9-10H2,1-6H3,(H,18,20). The SMILES string of the molecule is CC(C)CC(C)Nc1nccc(CNC(C)(C)C)c1F. The van der Waals surface area contributed by atoms with Crippen LogP contribution in [0.1, 0.15) is 53.5 Å². The third-order valence-corrected chi connectivity index (χ3v) is 2.99. The molecule has 0 aliphatic carbocycles. The van der Waals surface area contributed by atoms with Gasteiger partial charge in [-0.05, 0) is 46.1 Å². The van der Waals surface area contributed by atoms with Crippen LogP contribution >= 0.6 is 0 Å². The molecule has 0 aromatic carbocycles. The molecule has 0 bridgehead atoms. The van der Waals surface area contributed by atoms with Crippen molar-refractivity contribution in [1.29, 1.82) is 0 Å². The summed E-state index contributed by atoms with van der Waals surface area (Å²) >= 11 is 0. The predicted molar refractivity (Wildman–Crippen MR) is 83.3 cm³/mol. The maximum Gasteiger partial charge on any atom is 0.169 e. The van der Waals surface area contributed by atoms with E-state index in [-0.39, 0.29) is 17.4 Å². The summed E-state index contributed by atoms with van der Waals surface area (Å²) in [5.74, 6) is 0.678. The average Bonchev–Trinajstić information content (AvgIpc) is 2.28. The minimum Gasteiger partial charge on any atom is -0.365 e. The first-order valence-electron chi connectivity index (χ1n) is 7.34. The van der Waals surface area contributed by atoms with Gasteiger partial charge in [-0.1, -0.05) is 13.8 Å². The number of halogens is 1. The molecule has 1 atom stereocenters. The van der Waals surface area contributed by atoms with Gasteiger partial charge in [-0.3, -0.25) is 0 Å².